The van der Waals surface area contributed by atoms with Crippen LogP contribution < -0.4 is 5.32 Å². The molecule has 2 atom stereocenters. The molecule has 0 spiro atoms. The van der Waals surface area contributed by atoms with Gasteiger partial charge in [-0.3, -0.25) is 9.59 Å². The summed E-state index contributed by atoms with van der Waals surface area (Å²) < 4.78 is 1.71. The monoisotopic (exact) mass is 389 g/mol. The highest BCUT2D eigenvalue weighted by Crippen LogP contribution is 2.33. The number of carbonyl (C=O) groups excluding carboxylic acids is 1. The molecule has 0 radical (unpaired) electrons. The Hall–Kier alpha value is -0.880. The SMILES string of the molecule is O=C(O)[C@H]1CC[C@@H](C(=O)Nc2ccc(Br)cc2Br)C1. The van der Waals surface area contributed by atoms with Crippen molar-refractivity contribution in [2.45, 2.75) is 19.3 Å². The summed E-state index contributed by atoms with van der Waals surface area (Å²) in [6, 6.07) is 5.50. The fraction of sp³-hybridized carbons (Fsp3) is 0.385. The molecule has 4 nitrogen and oxygen atoms in total. The van der Waals surface area contributed by atoms with Gasteiger partial charge in [-0.15, -0.1) is 0 Å². The van der Waals surface area contributed by atoms with Crippen molar-refractivity contribution in [2.24, 2.45) is 11.8 Å². The molecule has 19 heavy (non-hydrogen) atoms. The summed E-state index contributed by atoms with van der Waals surface area (Å²) >= 11 is 6.73. The average molecular weight is 391 g/mol. The normalized spacial score (nSPS) is 22.2. The third-order valence-electron chi connectivity index (χ3n) is 3.34. The van der Waals surface area contributed by atoms with Gasteiger partial charge in [0.2, 0.25) is 5.91 Å². The highest BCUT2D eigenvalue weighted by molar-refractivity contribution is 9.11. The standard InChI is InChI=1S/C13H13Br2NO3/c14-9-3-4-11(10(15)6-9)16-12(17)7-1-2-8(5-7)13(18)19/h3-4,6-8H,1-2,5H2,(H,16,17)(H,18,19)/t7-,8+/m1/s1. The van der Waals surface area contributed by atoms with E-state index in [-0.39, 0.29) is 17.7 Å². The van der Waals surface area contributed by atoms with Crippen LogP contribution in [0.2, 0.25) is 0 Å². The van der Waals surface area contributed by atoms with Crippen LogP contribution in [-0.2, 0) is 9.59 Å². The van der Waals surface area contributed by atoms with Crippen molar-refractivity contribution in [1.29, 1.82) is 0 Å². The molecule has 102 valence electrons. The lowest BCUT2D eigenvalue weighted by Crippen LogP contribution is -2.21. The number of amides is 1. The van der Waals surface area contributed by atoms with Gasteiger partial charge in [0.1, 0.15) is 0 Å². The number of carboxylic acids is 1. The van der Waals surface area contributed by atoms with Crippen LogP contribution in [-0.4, -0.2) is 17.0 Å². The number of rotatable bonds is 3. The van der Waals surface area contributed by atoms with Gasteiger partial charge in [0.15, 0.2) is 0 Å². The zero-order chi connectivity index (χ0) is 14.0. The highest BCUT2D eigenvalue weighted by atomic mass is 79.9. The lowest BCUT2D eigenvalue weighted by molar-refractivity contribution is -0.141. The van der Waals surface area contributed by atoms with E-state index in [1.54, 1.807) is 6.07 Å². The first-order valence-corrected chi connectivity index (χ1v) is 7.54. The number of aliphatic carboxylic acids is 1. The molecule has 1 aromatic carbocycles. The van der Waals surface area contributed by atoms with Gasteiger partial charge in [0, 0.05) is 14.9 Å². The van der Waals surface area contributed by atoms with Crippen LogP contribution in [0.1, 0.15) is 19.3 Å². The van der Waals surface area contributed by atoms with Crippen LogP contribution in [0.4, 0.5) is 5.69 Å². The van der Waals surface area contributed by atoms with Crippen LogP contribution >= 0.6 is 31.9 Å². The Kier molecular flexibility index (Phi) is 4.62. The van der Waals surface area contributed by atoms with E-state index < -0.39 is 5.97 Å². The minimum absolute atomic E-state index is 0.105. The molecular weight excluding hydrogens is 378 g/mol. The molecule has 2 rings (SSSR count). The van der Waals surface area contributed by atoms with Crippen molar-refractivity contribution in [2.75, 3.05) is 5.32 Å². The van der Waals surface area contributed by atoms with Gasteiger partial charge >= 0.3 is 5.97 Å². The van der Waals surface area contributed by atoms with Crippen LogP contribution in [0.25, 0.3) is 0 Å². The fourth-order valence-electron chi connectivity index (χ4n) is 2.27. The van der Waals surface area contributed by atoms with Crippen LogP contribution in [0.3, 0.4) is 0 Å². The molecule has 1 aliphatic rings. The Labute approximate surface area is 127 Å². The van der Waals surface area contributed by atoms with Gasteiger partial charge in [0.25, 0.3) is 0 Å². The van der Waals surface area contributed by atoms with E-state index in [0.717, 1.165) is 8.95 Å². The first-order valence-electron chi connectivity index (χ1n) is 5.96. The molecule has 0 aromatic heterocycles. The lowest BCUT2D eigenvalue weighted by atomic mass is 10.0. The number of benzene rings is 1. The molecule has 0 saturated heterocycles. The second kappa shape index (κ2) is 6.05. The topological polar surface area (TPSA) is 66.4 Å². The molecule has 0 aliphatic heterocycles. The summed E-state index contributed by atoms with van der Waals surface area (Å²) in [5.74, 6) is -1.51. The van der Waals surface area contributed by atoms with Gasteiger partial charge in [-0.25, -0.2) is 0 Å². The van der Waals surface area contributed by atoms with Gasteiger partial charge < -0.3 is 10.4 Å². The Bertz CT molecular complexity index is 519. The molecule has 1 aliphatic carbocycles. The van der Waals surface area contributed by atoms with E-state index in [1.165, 1.54) is 0 Å². The largest absolute Gasteiger partial charge is 0.481 e. The smallest absolute Gasteiger partial charge is 0.306 e. The van der Waals surface area contributed by atoms with Gasteiger partial charge in [-0.05, 0) is 53.4 Å². The maximum absolute atomic E-state index is 12.1. The van der Waals surface area contributed by atoms with Crippen molar-refractivity contribution >= 4 is 49.4 Å². The van der Waals surface area contributed by atoms with Crippen molar-refractivity contribution in [3.8, 4) is 0 Å². The Morgan fingerprint density at radius 1 is 1.21 bits per heavy atom. The van der Waals surface area contributed by atoms with Gasteiger partial charge in [0.05, 0.1) is 11.6 Å². The van der Waals surface area contributed by atoms with Crippen LogP contribution in [0.5, 0.6) is 0 Å². The maximum Gasteiger partial charge on any atom is 0.306 e. The van der Waals surface area contributed by atoms with Gasteiger partial charge in [-0.1, -0.05) is 15.9 Å². The van der Waals surface area contributed by atoms with Crippen molar-refractivity contribution in [3.05, 3.63) is 27.1 Å². The van der Waals surface area contributed by atoms with Crippen LogP contribution in [0, 0.1) is 11.8 Å². The molecule has 0 bridgehead atoms. The van der Waals surface area contributed by atoms with E-state index >= 15 is 0 Å². The van der Waals surface area contributed by atoms with E-state index in [1.807, 2.05) is 12.1 Å². The number of carbonyl (C=O) groups is 2. The molecule has 1 fully saturated rings. The Morgan fingerprint density at radius 3 is 2.47 bits per heavy atom. The number of hydrogen-bond donors (Lipinski definition) is 2. The van der Waals surface area contributed by atoms with Crippen molar-refractivity contribution < 1.29 is 14.7 Å². The average Bonchev–Trinajstić information content (AvgIpc) is 2.82. The summed E-state index contributed by atoms with van der Waals surface area (Å²) in [7, 11) is 0. The predicted octanol–water partition coefficient (Wildman–Crippen LogP) is 3.65. The number of nitrogens with one attached hydrogen (secondary N) is 1. The number of carboxylic acid groups (broad SMARTS) is 1. The van der Waals surface area contributed by atoms with Gasteiger partial charge in [-0.2, -0.15) is 0 Å². The highest BCUT2D eigenvalue weighted by Gasteiger charge is 2.33. The molecule has 1 aromatic rings. The van der Waals surface area contributed by atoms with Crippen molar-refractivity contribution in [1.82, 2.24) is 0 Å². The molecular formula is C13H13Br2NO3. The quantitative estimate of drug-likeness (QED) is 0.827. The van der Waals surface area contributed by atoms with E-state index in [2.05, 4.69) is 37.2 Å². The first kappa shape index (κ1) is 14.5. The predicted molar refractivity (Wildman–Crippen MR) is 78.9 cm³/mol. The van der Waals surface area contributed by atoms with Crippen LogP contribution in [0.15, 0.2) is 27.1 Å². The van der Waals surface area contributed by atoms with E-state index in [4.69, 9.17) is 5.11 Å². The second-order valence-corrected chi connectivity index (χ2v) is 6.43. The molecule has 2 N–H and O–H groups in total. The fourth-order valence-corrected chi connectivity index (χ4v) is 3.42. The second-order valence-electron chi connectivity index (χ2n) is 4.66. The van der Waals surface area contributed by atoms with Crippen molar-refractivity contribution in [3.63, 3.8) is 0 Å². The first-order chi connectivity index (χ1) is 8.97. The summed E-state index contributed by atoms with van der Waals surface area (Å²) in [5, 5.41) is 11.8. The molecule has 0 heterocycles. The third-order valence-corrected chi connectivity index (χ3v) is 4.49. The number of halogens is 2. The number of hydrogen-bond acceptors (Lipinski definition) is 2. The minimum atomic E-state index is -0.805. The Morgan fingerprint density at radius 2 is 1.89 bits per heavy atom. The number of anilines is 1. The summed E-state index contributed by atoms with van der Waals surface area (Å²) in [5.41, 5.74) is 0.701. The van der Waals surface area contributed by atoms with E-state index in [9.17, 15) is 9.59 Å². The molecule has 1 saturated carbocycles. The lowest BCUT2D eigenvalue weighted by Gasteiger charge is -2.12. The summed E-state index contributed by atoms with van der Waals surface area (Å²) in [6.07, 6.45) is 1.64. The van der Waals surface area contributed by atoms with E-state index in [0.29, 0.717) is 24.9 Å². The zero-order valence-corrected chi connectivity index (χ0v) is 13.2. The summed E-state index contributed by atoms with van der Waals surface area (Å²) in [6.45, 7) is 0. The molecule has 1 amide bonds. The summed E-state index contributed by atoms with van der Waals surface area (Å²) in [4.78, 5) is 23.0. The minimum Gasteiger partial charge on any atom is -0.481 e. The zero-order valence-electron chi connectivity index (χ0n) is 10.0. The molecule has 0 unspecified atom stereocenters. The molecule has 6 heteroatoms. The third kappa shape index (κ3) is 3.57. The maximum atomic E-state index is 12.1. The Balaban J connectivity index is 2.00.